The van der Waals surface area contributed by atoms with Gasteiger partial charge >= 0.3 is 0 Å². The third-order valence-corrected chi connectivity index (χ3v) is 4.38. The Balaban J connectivity index is 1.95. The van der Waals surface area contributed by atoms with Crippen LogP contribution in [0.15, 0.2) is 42.7 Å². The molecule has 0 radical (unpaired) electrons. The van der Waals surface area contributed by atoms with E-state index < -0.39 is 0 Å². The smallest absolute Gasteiger partial charge is 0.119 e. The van der Waals surface area contributed by atoms with Gasteiger partial charge in [0.05, 0.1) is 5.69 Å². The van der Waals surface area contributed by atoms with Crippen LogP contribution < -0.4 is 0 Å². The molecule has 4 rings (SSSR count). The Hall–Kier alpha value is -2.49. The Morgan fingerprint density at radius 1 is 1.09 bits per heavy atom. The van der Waals surface area contributed by atoms with E-state index in [1.54, 1.807) is 0 Å². The standard InChI is InChI=1S/C19H20N4/c1-13-5-4-6-15(21-13)18-17(14-7-9-20-10-8-14)16-11-19(2,3)12-23(16)22-18/h4-10H,11-12H2,1-3H3. The average Bonchev–Trinajstić information content (AvgIpc) is 2.99. The number of nitrogens with zero attached hydrogens (tertiary/aromatic N) is 4. The molecule has 0 fully saturated rings. The zero-order valence-corrected chi connectivity index (χ0v) is 13.7. The molecule has 0 spiro atoms. The summed E-state index contributed by atoms with van der Waals surface area (Å²) in [5.41, 5.74) is 6.86. The van der Waals surface area contributed by atoms with Gasteiger partial charge in [-0.3, -0.25) is 14.6 Å². The number of fused-ring (bicyclic) bond motifs is 1. The van der Waals surface area contributed by atoms with Gasteiger partial charge < -0.3 is 0 Å². The van der Waals surface area contributed by atoms with Gasteiger partial charge in [-0.05, 0) is 48.6 Å². The Labute approximate surface area is 136 Å². The molecule has 0 aromatic carbocycles. The Kier molecular flexibility index (Phi) is 3.08. The third kappa shape index (κ3) is 2.44. The van der Waals surface area contributed by atoms with Crippen molar-refractivity contribution in [2.24, 2.45) is 5.41 Å². The zero-order valence-electron chi connectivity index (χ0n) is 13.7. The second-order valence-electron chi connectivity index (χ2n) is 7.07. The van der Waals surface area contributed by atoms with E-state index in [1.165, 1.54) is 11.3 Å². The van der Waals surface area contributed by atoms with Crippen LogP contribution in [-0.2, 0) is 13.0 Å². The van der Waals surface area contributed by atoms with Crippen molar-refractivity contribution in [3.63, 3.8) is 0 Å². The van der Waals surface area contributed by atoms with Crippen molar-refractivity contribution in [2.75, 3.05) is 0 Å². The summed E-state index contributed by atoms with van der Waals surface area (Å²) in [6.45, 7) is 7.56. The zero-order chi connectivity index (χ0) is 16.0. The van der Waals surface area contributed by atoms with Gasteiger partial charge in [0.2, 0.25) is 0 Å². The lowest BCUT2D eigenvalue weighted by molar-refractivity contribution is 0.347. The molecule has 0 aliphatic carbocycles. The molecular weight excluding hydrogens is 284 g/mol. The van der Waals surface area contributed by atoms with Crippen LogP contribution in [0.2, 0.25) is 0 Å². The third-order valence-electron chi connectivity index (χ3n) is 4.38. The first kappa shape index (κ1) is 14.1. The van der Waals surface area contributed by atoms with E-state index in [9.17, 15) is 0 Å². The van der Waals surface area contributed by atoms with Crippen molar-refractivity contribution in [2.45, 2.75) is 33.7 Å². The van der Waals surface area contributed by atoms with Crippen LogP contribution in [0.4, 0.5) is 0 Å². The van der Waals surface area contributed by atoms with Crippen LogP contribution >= 0.6 is 0 Å². The van der Waals surface area contributed by atoms with Crippen molar-refractivity contribution in [1.29, 1.82) is 0 Å². The molecule has 1 aliphatic rings. The first-order chi connectivity index (χ1) is 11.0. The Morgan fingerprint density at radius 2 is 1.87 bits per heavy atom. The number of pyridine rings is 2. The van der Waals surface area contributed by atoms with Crippen LogP contribution in [0.1, 0.15) is 25.2 Å². The lowest BCUT2D eigenvalue weighted by atomic mass is 9.89. The minimum absolute atomic E-state index is 0.253. The van der Waals surface area contributed by atoms with Crippen molar-refractivity contribution in [3.05, 3.63) is 54.1 Å². The van der Waals surface area contributed by atoms with Gasteiger partial charge in [0.1, 0.15) is 5.69 Å². The summed E-state index contributed by atoms with van der Waals surface area (Å²) in [5.74, 6) is 0. The minimum Gasteiger partial charge on any atom is -0.268 e. The molecule has 0 unspecified atom stereocenters. The van der Waals surface area contributed by atoms with E-state index in [4.69, 9.17) is 5.10 Å². The molecule has 4 nitrogen and oxygen atoms in total. The van der Waals surface area contributed by atoms with Gasteiger partial charge in [-0.15, -0.1) is 0 Å². The minimum atomic E-state index is 0.253. The predicted octanol–water partition coefficient (Wildman–Crippen LogP) is 3.90. The van der Waals surface area contributed by atoms with E-state index >= 15 is 0 Å². The van der Waals surface area contributed by atoms with E-state index in [2.05, 4.69) is 40.6 Å². The lowest BCUT2D eigenvalue weighted by Gasteiger charge is -2.15. The normalized spacial score (nSPS) is 15.6. The monoisotopic (exact) mass is 304 g/mol. The molecule has 0 bridgehead atoms. The molecule has 0 amide bonds. The van der Waals surface area contributed by atoms with Crippen LogP contribution in [0.5, 0.6) is 0 Å². The first-order valence-electron chi connectivity index (χ1n) is 7.98. The summed E-state index contributed by atoms with van der Waals surface area (Å²) in [6.07, 6.45) is 4.71. The summed E-state index contributed by atoms with van der Waals surface area (Å²) in [7, 11) is 0. The second-order valence-corrected chi connectivity index (χ2v) is 7.07. The number of aromatic nitrogens is 4. The highest BCUT2D eigenvalue weighted by Gasteiger charge is 2.34. The van der Waals surface area contributed by atoms with E-state index in [0.717, 1.165) is 35.6 Å². The van der Waals surface area contributed by atoms with Gasteiger partial charge in [0, 0.05) is 35.9 Å². The average molecular weight is 304 g/mol. The molecule has 3 aromatic heterocycles. The molecule has 0 N–H and O–H groups in total. The topological polar surface area (TPSA) is 43.6 Å². The fraction of sp³-hybridized carbons (Fsp3) is 0.316. The molecule has 4 heteroatoms. The molecule has 4 heterocycles. The summed E-state index contributed by atoms with van der Waals surface area (Å²) < 4.78 is 2.16. The van der Waals surface area contributed by atoms with Crippen molar-refractivity contribution < 1.29 is 0 Å². The van der Waals surface area contributed by atoms with Crippen LogP contribution in [-0.4, -0.2) is 19.7 Å². The van der Waals surface area contributed by atoms with Crippen LogP contribution in [0.3, 0.4) is 0 Å². The number of hydrogen-bond acceptors (Lipinski definition) is 3. The highest BCUT2D eigenvalue weighted by atomic mass is 15.3. The number of aryl methyl sites for hydroxylation is 1. The Bertz CT molecular complexity index is 862. The quantitative estimate of drug-likeness (QED) is 0.721. The van der Waals surface area contributed by atoms with E-state index in [1.807, 2.05) is 37.5 Å². The van der Waals surface area contributed by atoms with E-state index in [0.29, 0.717) is 0 Å². The molecule has 0 atom stereocenters. The summed E-state index contributed by atoms with van der Waals surface area (Å²) in [5, 5.41) is 4.91. The summed E-state index contributed by atoms with van der Waals surface area (Å²) >= 11 is 0. The molecule has 0 saturated heterocycles. The number of hydrogen-bond donors (Lipinski definition) is 0. The van der Waals surface area contributed by atoms with Gasteiger partial charge in [-0.25, -0.2) is 0 Å². The van der Waals surface area contributed by atoms with Crippen molar-refractivity contribution in [1.82, 2.24) is 19.7 Å². The van der Waals surface area contributed by atoms with E-state index in [-0.39, 0.29) is 5.41 Å². The van der Waals surface area contributed by atoms with Crippen molar-refractivity contribution >= 4 is 0 Å². The largest absolute Gasteiger partial charge is 0.268 e. The Morgan fingerprint density at radius 3 is 2.61 bits per heavy atom. The molecular formula is C19H20N4. The fourth-order valence-electron chi connectivity index (χ4n) is 3.40. The maximum absolute atomic E-state index is 4.91. The molecule has 23 heavy (non-hydrogen) atoms. The molecule has 0 saturated carbocycles. The molecule has 116 valence electrons. The second kappa shape index (κ2) is 5.01. The lowest BCUT2D eigenvalue weighted by Crippen LogP contribution is -2.13. The maximum Gasteiger partial charge on any atom is 0.119 e. The predicted molar refractivity (Wildman–Crippen MR) is 90.9 cm³/mol. The van der Waals surface area contributed by atoms with Crippen molar-refractivity contribution in [3.8, 4) is 22.5 Å². The number of rotatable bonds is 2. The van der Waals surface area contributed by atoms with Gasteiger partial charge in [0.15, 0.2) is 0 Å². The van der Waals surface area contributed by atoms with Gasteiger partial charge in [0.25, 0.3) is 0 Å². The highest BCUT2D eigenvalue weighted by molar-refractivity contribution is 5.81. The summed E-state index contributed by atoms with van der Waals surface area (Å²) in [6, 6.07) is 10.2. The van der Waals surface area contributed by atoms with Gasteiger partial charge in [-0.2, -0.15) is 5.10 Å². The van der Waals surface area contributed by atoms with Gasteiger partial charge in [-0.1, -0.05) is 19.9 Å². The summed E-state index contributed by atoms with van der Waals surface area (Å²) in [4.78, 5) is 8.84. The molecule has 1 aliphatic heterocycles. The van der Waals surface area contributed by atoms with Crippen LogP contribution in [0.25, 0.3) is 22.5 Å². The fourth-order valence-corrected chi connectivity index (χ4v) is 3.40. The molecule has 3 aromatic rings. The first-order valence-corrected chi connectivity index (χ1v) is 7.98. The maximum atomic E-state index is 4.91. The highest BCUT2D eigenvalue weighted by Crippen LogP contribution is 2.41. The van der Waals surface area contributed by atoms with Crippen LogP contribution in [0, 0.1) is 12.3 Å². The SMILES string of the molecule is Cc1cccc(-c2nn3c(c2-c2ccncc2)CC(C)(C)C3)n1.